The number of aryl methyl sites for hydroxylation is 1. The zero-order chi connectivity index (χ0) is 29.6. The Morgan fingerprint density at radius 3 is 2.15 bits per heavy atom. The fourth-order valence-corrected chi connectivity index (χ4v) is 5.70. The van der Waals surface area contributed by atoms with E-state index < -0.39 is 34.4 Å². The molecule has 3 aromatic carbocycles. The number of carbonyl (C=O) groups excluding carboxylic acids is 2. The van der Waals surface area contributed by atoms with Crippen LogP contribution in [0.2, 0.25) is 10.0 Å². The Balaban J connectivity index is 2.10. The van der Waals surface area contributed by atoms with Gasteiger partial charge in [-0.15, -0.1) is 0 Å². The maximum Gasteiger partial charge on any atom is 0.264 e. The first-order chi connectivity index (χ1) is 18.9. The Labute approximate surface area is 244 Å². The molecule has 1 atom stereocenters. The number of carbonyl (C=O) groups is 2. The molecule has 1 N–H and O–H groups in total. The highest BCUT2D eigenvalue weighted by molar-refractivity contribution is 7.92. The predicted molar refractivity (Wildman–Crippen MR) is 156 cm³/mol. The van der Waals surface area contributed by atoms with Crippen molar-refractivity contribution in [3.05, 3.63) is 81.8 Å². The van der Waals surface area contributed by atoms with Crippen LogP contribution in [0.15, 0.2) is 65.6 Å². The van der Waals surface area contributed by atoms with Crippen molar-refractivity contribution in [1.29, 1.82) is 0 Å². The number of sulfonamides is 1. The number of benzene rings is 3. The van der Waals surface area contributed by atoms with Crippen LogP contribution in [-0.2, 0) is 26.2 Å². The second kappa shape index (κ2) is 13.3. The Kier molecular flexibility index (Phi) is 10.3. The maximum atomic E-state index is 13.9. The molecule has 2 amide bonds. The molecule has 0 aliphatic heterocycles. The number of halogens is 2. The summed E-state index contributed by atoms with van der Waals surface area (Å²) in [5.41, 5.74) is 1.66. The predicted octanol–water partition coefficient (Wildman–Crippen LogP) is 4.68. The molecule has 0 bridgehead atoms. The number of hydrogen-bond donors (Lipinski definition) is 1. The fourth-order valence-electron chi connectivity index (χ4n) is 3.97. The Hall–Kier alpha value is -3.47. The first-order valence-corrected chi connectivity index (χ1v) is 14.4. The summed E-state index contributed by atoms with van der Waals surface area (Å²) in [5.74, 6) is -0.372. The van der Waals surface area contributed by atoms with E-state index in [-0.39, 0.29) is 27.9 Å². The number of anilines is 1. The highest BCUT2D eigenvalue weighted by Gasteiger charge is 2.33. The van der Waals surface area contributed by atoms with Gasteiger partial charge in [-0.3, -0.25) is 13.9 Å². The molecule has 3 aromatic rings. The number of methoxy groups -OCH3 is 2. The molecular weight excluding hydrogens is 577 g/mol. The van der Waals surface area contributed by atoms with Crippen molar-refractivity contribution in [2.45, 2.75) is 31.3 Å². The minimum Gasteiger partial charge on any atom is -0.493 e. The lowest BCUT2D eigenvalue weighted by atomic mass is 10.1. The van der Waals surface area contributed by atoms with Crippen LogP contribution >= 0.6 is 23.2 Å². The average molecular weight is 609 g/mol. The Bertz CT molecular complexity index is 1480. The molecule has 0 spiro atoms. The van der Waals surface area contributed by atoms with E-state index in [9.17, 15) is 18.0 Å². The summed E-state index contributed by atoms with van der Waals surface area (Å²) in [6.07, 6.45) is 0. The molecule has 0 heterocycles. The molecule has 0 aromatic heterocycles. The molecule has 0 fully saturated rings. The minimum atomic E-state index is -4.23. The van der Waals surface area contributed by atoms with Crippen LogP contribution in [0.25, 0.3) is 0 Å². The molecule has 0 aliphatic rings. The van der Waals surface area contributed by atoms with Gasteiger partial charge >= 0.3 is 0 Å². The molecule has 0 saturated carbocycles. The van der Waals surface area contributed by atoms with Gasteiger partial charge in [0.25, 0.3) is 10.0 Å². The molecule has 12 heteroatoms. The molecule has 0 aliphatic carbocycles. The average Bonchev–Trinajstić information content (AvgIpc) is 2.95. The van der Waals surface area contributed by atoms with Crippen LogP contribution in [0.4, 0.5) is 5.69 Å². The summed E-state index contributed by atoms with van der Waals surface area (Å²) in [5, 5.41) is 3.16. The Morgan fingerprint density at radius 1 is 0.925 bits per heavy atom. The molecular formula is C28H31Cl2N3O6S. The minimum absolute atomic E-state index is 0.00364. The zero-order valence-corrected chi connectivity index (χ0v) is 25.1. The van der Waals surface area contributed by atoms with Crippen molar-refractivity contribution in [2.24, 2.45) is 0 Å². The van der Waals surface area contributed by atoms with Gasteiger partial charge in [-0.1, -0.05) is 47.0 Å². The summed E-state index contributed by atoms with van der Waals surface area (Å²) in [4.78, 5) is 27.8. The zero-order valence-electron chi connectivity index (χ0n) is 22.8. The van der Waals surface area contributed by atoms with Crippen molar-refractivity contribution in [2.75, 3.05) is 32.1 Å². The molecule has 3 rings (SSSR count). The number of likely N-dealkylation sites (N-methyl/N-ethyl adjacent to an activating group) is 1. The van der Waals surface area contributed by atoms with Crippen LogP contribution in [0, 0.1) is 6.92 Å². The van der Waals surface area contributed by atoms with Gasteiger partial charge < -0.3 is 19.7 Å². The summed E-state index contributed by atoms with van der Waals surface area (Å²) < 4.78 is 39.5. The Morgan fingerprint density at radius 2 is 1.57 bits per heavy atom. The van der Waals surface area contributed by atoms with Gasteiger partial charge in [0, 0.05) is 19.7 Å². The number of nitrogens with zero attached hydrogens (tertiary/aromatic N) is 2. The van der Waals surface area contributed by atoms with Crippen LogP contribution in [0.1, 0.15) is 18.1 Å². The highest BCUT2D eigenvalue weighted by Crippen LogP contribution is 2.34. The number of hydrogen-bond acceptors (Lipinski definition) is 6. The molecule has 0 saturated heterocycles. The van der Waals surface area contributed by atoms with Gasteiger partial charge in [0.15, 0.2) is 11.5 Å². The lowest BCUT2D eigenvalue weighted by Crippen LogP contribution is -2.50. The third kappa shape index (κ3) is 6.99. The lowest BCUT2D eigenvalue weighted by molar-refractivity contribution is -0.139. The largest absolute Gasteiger partial charge is 0.493 e. The van der Waals surface area contributed by atoms with Crippen LogP contribution in [0.5, 0.6) is 11.5 Å². The maximum absolute atomic E-state index is 13.9. The molecule has 0 radical (unpaired) electrons. The SMILES string of the molecule is CNC(=O)[C@@H](C)N(Cc1ccc(Cl)c(Cl)c1)C(=O)CN(c1ccc(OC)c(OC)c1)S(=O)(=O)c1ccc(C)cc1. The van der Waals surface area contributed by atoms with Gasteiger partial charge in [-0.25, -0.2) is 8.42 Å². The third-order valence-corrected chi connectivity index (χ3v) is 8.82. The van der Waals surface area contributed by atoms with E-state index in [1.54, 1.807) is 43.3 Å². The molecule has 9 nitrogen and oxygen atoms in total. The summed E-state index contributed by atoms with van der Waals surface area (Å²) >= 11 is 12.2. The smallest absolute Gasteiger partial charge is 0.264 e. The highest BCUT2D eigenvalue weighted by atomic mass is 35.5. The van der Waals surface area contributed by atoms with Crippen molar-refractivity contribution in [3.63, 3.8) is 0 Å². The summed E-state index contributed by atoms with van der Waals surface area (Å²) in [7, 11) is 0.114. The number of nitrogens with one attached hydrogen (secondary N) is 1. The van der Waals surface area contributed by atoms with E-state index in [0.717, 1.165) is 9.87 Å². The van der Waals surface area contributed by atoms with Gasteiger partial charge in [0.1, 0.15) is 12.6 Å². The first kappa shape index (κ1) is 31.1. The first-order valence-electron chi connectivity index (χ1n) is 12.2. The van der Waals surface area contributed by atoms with Gasteiger partial charge in [-0.05, 0) is 55.8 Å². The van der Waals surface area contributed by atoms with Crippen LogP contribution in [0.3, 0.4) is 0 Å². The fraction of sp³-hybridized carbons (Fsp3) is 0.286. The van der Waals surface area contributed by atoms with E-state index in [1.165, 1.54) is 50.4 Å². The van der Waals surface area contributed by atoms with Crippen molar-refractivity contribution >= 4 is 50.7 Å². The van der Waals surface area contributed by atoms with E-state index in [2.05, 4.69) is 5.32 Å². The van der Waals surface area contributed by atoms with Crippen molar-refractivity contribution in [1.82, 2.24) is 10.2 Å². The topological polar surface area (TPSA) is 105 Å². The monoisotopic (exact) mass is 607 g/mol. The molecule has 214 valence electrons. The van der Waals surface area contributed by atoms with Crippen LogP contribution in [-0.4, -0.2) is 59.0 Å². The molecule has 0 unspecified atom stereocenters. The summed E-state index contributed by atoms with van der Waals surface area (Å²) in [6.45, 7) is 2.78. The van der Waals surface area contributed by atoms with E-state index in [4.69, 9.17) is 32.7 Å². The van der Waals surface area contributed by atoms with Crippen molar-refractivity contribution < 1.29 is 27.5 Å². The lowest BCUT2D eigenvalue weighted by Gasteiger charge is -2.32. The number of ether oxygens (including phenoxy) is 2. The number of rotatable bonds is 11. The third-order valence-electron chi connectivity index (χ3n) is 6.29. The second-order valence-electron chi connectivity index (χ2n) is 8.92. The number of amides is 2. The molecule has 40 heavy (non-hydrogen) atoms. The normalized spacial score (nSPS) is 11.9. The summed E-state index contributed by atoms with van der Waals surface area (Å²) in [6, 6.07) is 14.8. The standard InChI is InChI=1S/C28H31Cl2N3O6S/c1-18-6-10-22(11-7-18)40(36,37)33(21-9-13-25(38-4)26(15-21)39-5)17-27(34)32(19(2)28(35)31-3)16-20-8-12-23(29)24(30)14-20/h6-15,19H,16-17H2,1-5H3,(H,31,35)/t19-/m1/s1. The van der Waals surface area contributed by atoms with E-state index in [0.29, 0.717) is 16.3 Å². The van der Waals surface area contributed by atoms with E-state index in [1.807, 2.05) is 6.92 Å². The van der Waals surface area contributed by atoms with E-state index >= 15 is 0 Å². The second-order valence-corrected chi connectivity index (χ2v) is 11.6. The van der Waals surface area contributed by atoms with Gasteiger partial charge in [0.05, 0.1) is 34.8 Å². The van der Waals surface area contributed by atoms with Crippen molar-refractivity contribution in [3.8, 4) is 11.5 Å². The van der Waals surface area contributed by atoms with Crippen LogP contribution < -0.4 is 19.1 Å². The van der Waals surface area contributed by atoms with Gasteiger partial charge in [-0.2, -0.15) is 0 Å². The van der Waals surface area contributed by atoms with Gasteiger partial charge in [0.2, 0.25) is 11.8 Å². The quantitative estimate of drug-likeness (QED) is 0.339.